The lowest BCUT2D eigenvalue weighted by molar-refractivity contribution is 0.103. The van der Waals surface area contributed by atoms with Crippen molar-refractivity contribution in [3.05, 3.63) is 58.5 Å². The van der Waals surface area contributed by atoms with Gasteiger partial charge < -0.3 is 16.0 Å². The molecule has 0 spiro atoms. The smallest absolute Gasteiger partial charge is 0.267 e. The number of anilines is 3. The minimum absolute atomic E-state index is 0.212. The zero-order valence-electron chi connectivity index (χ0n) is 16.3. The summed E-state index contributed by atoms with van der Waals surface area (Å²) in [4.78, 5) is 20.9. The Morgan fingerprint density at radius 3 is 2.39 bits per heavy atom. The molecule has 0 saturated heterocycles. The molecule has 1 amide bonds. The molecule has 0 aliphatic carbocycles. The third-order valence-electron chi connectivity index (χ3n) is 4.95. The fourth-order valence-corrected chi connectivity index (χ4v) is 4.23. The average molecular weight is 391 g/mol. The van der Waals surface area contributed by atoms with E-state index in [0.29, 0.717) is 10.6 Å². The molecule has 0 aliphatic heterocycles. The molecule has 0 unspecified atom stereocenters. The van der Waals surface area contributed by atoms with Crippen LogP contribution in [0.15, 0.2) is 42.5 Å². The first-order valence-corrected chi connectivity index (χ1v) is 9.84. The maximum absolute atomic E-state index is 12.8. The highest BCUT2D eigenvalue weighted by Gasteiger charge is 2.19. The second kappa shape index (κ2) is 6.80. The van der Waals surface area contributed by atoms with E-state index in [1.807, 2.05) is 50.2 Å². The van der Waals surface area contributed by atoms with Gasteiger partial charge in [-0.1, -0.05) is 12.1 Å². The van der Waals surface area contributed by atoms with E-state index in [1.165, 1.54) is 11.3 Å². The lowest BCUT2D eigenvalue weighted by atomic mass is 10.0. The summed E-state index contributed by atoms with van der Waals surface area (Å²) in [7, 11) is 3.96. The van der Waals surface area contributed by atoms with E-state index in [4.69, 9.17) is 10.7 Å². The fourth-order valence-electron chi connectivity index (χ4n) is 3.26. The minimum Gasteiger partial charge on any atom is -0.397 e. The van der Waals surface area contributed by atoms with Gasteiger partial charge in [0.05, 0.1) is 11.2 Å². The molecule has 3 N–H and O–H groups in total. The summed E-state index contributed by atoms with van der Waals surface area (Å²) in [5.74, 6) is -0.212. The summed E-state index contributed by atoms with van der Waals surface area (Å²) in [5, 5.41) is 4.84. The Morgan fingerprint density at radius 2 is 1.71 bits per heavy atom. The molecule has 0 aliphatic rings. The van der Waals surface area contributed by atoms with Crippen LogP contribution in [0.4, 0.5) is 17.1 Å². The summed E-state index contributed by atoms with van der Waals surface area (Å²) in [6.07, 6.45) is 0. The largest absolute Gasteiger partial charge is 0.397 e. The summed E-state index contributed by atoms with van der Waals surface area (Å²) >= 11 is 1.33. The number of nitrogens with zero attached hydrogens (tertiary/aromatic N) is 2. The molecule has 0 radical (unpaired) electrons. The molecule has 142 valence electrons. The summed E-state index contributed by atoms with van der Waals surface area (Å²) < 4.78 is 0. The second-order valence-electron chi connectivity index (χ2n) is 7.18. The quantitative estimate of drug-likeness (QED) is 0.518. The van der Waals surface area contributed by atoms with Crippen LogP contribution in [0.25, 0.3) is 21.1 Å². The molecule has 2 aromatic heterocycles. The molecule has 4 rings (SSSR count). The predicted molar refractivity (Wildman–Crippen MR) is 120 cm³/mol. The number of aromatic nitrogens is 1. The van der Waals surface area contributed by atoms with Gasteiger partial charge in [0.2, 0.25) is 0 Å². The van der Waals surface area contributed by atoms with Crippen molar-refractivity contribution in [3.63, 3.8) is 0 Å². The summed E-state index contributed by atoms with van der Waals surface area (Å²) in [6.45, 7) is 4.10. The van der Waals surface area contributed by atoms with E-state index in [9.17, 15) is 4.79 Å². The number of benzene rings is 2. The van der Waals surface area contributed by atoms with Crippen LogP contribution >= 0.6 is 11.3 Å². The standard InChI is InChI=1S/C22H22N4OS/c1-12-5-6-13(2)19-16(12)11-17-18(23)20(28-22(17)25-19)21(27)24-14-7-9-15(10-8-14)26(3)4/h5-11H,23H2,1-4H3,(H,24,27). The summed E-state index contributed by atoms with van der Waals surface area (Å²) in [5.41, 5.74) is 11.8. The van der Waals surface area contributed by atoms with Crippen molar-refractivity contribution in [2.24, 2.45) is 0 Å². The number of hydrogen-bond donors (Lipinski definition) is 2. The van der Waals surface area contributed by atoms with Gasteiger partial charge in [0.25, 0.3) is 5.91 Å². The predicted octanol–water partition coefficient (Wildman–Crippen LogP) is 4.97. The third-order valence-corrected chi connectivity index (χ3v) is 6.06. The van der Waals surface area contributed by atoms with Crippen LogP contribution in [0.1, 0.15) is 20.8 Å². The number of nitrogen functional groups attached to an aromatic ring is 1. The van der Waals surface area contributed by atoms with Gasteiger partial charge in [0.15, 0.2) is 0 Å². The SMILES string of the molecule is Cc1ccc(C)c2nc3sc(C(=O)Nc4ccc(N(C)C)cc4)c(N)c3cc12. The Kier molecular flexibility index (Phi) is 4.43. The van der Waals surface area contributed by atoms with Gasteiger partial charge >= 0.3 is 0 Å². The van der Waals surface area contributed by atoms with Crippen molar-refractivity contribution in [1.29, 1.82) is 0 Å². The number of nitrogens with two attached hydrogens (primary N) is 1. The number of fused-ring (bicyclic) bond motifs is 2. The zero-order chi connectivity index (χ0) is 20.0. The second-order valence-corrected chi connectivity index (χ2v) is 8.18. The Labute approximate surface area is 167 Å². The van der Waals surface area contributed by atoms with Crippen LogP contribution in [0.5, 0.6) is 0 Å². The highest BCUT2D eigenvalue weighted by Crippen LogP contribution is 2.36. The molecule has 0 atom stereocenters. The lowest BCUT2D eigenvalue weighted by Gasteiger charge is -2.12. The molecule has 2 heterocycles. The number of carbonyl (C=O) groups excluding carboxylic acids is 1. The maximum atomic E-state index is 12.8. The van der Waals surface area contributed by atoms with Crippen molar-refractivity contribution >= 4 is 55.4 Å². The Morgan fingerprint density at radius 1 is 1.04 bits per heavy atom. The monoisotopic (exact) mass is 390 g/mol. The molecule has 5 nitrogen and oxygen atoms in total. The van der Waals surface area contributed by atoms with Gasteiger partial charge in [-0.05, 0) is 55.3 Å². The molecular weight excluding hydrogens is 368 g/mol. The minimum atomic E-state index is -0.212. The first kappa shape index (κ1) is 18.3. The van der Waals surface area contributed by atoms with Gasteiger partial charge in [-0.2, -0.15) is 0 Å². The van der Waals surface area contributed by atoms with Crippen molar-refractivity contribution in [2.45, 2.75) is 13.8 Å². The maximum Gasteiger partial charge on any atom is 0.267 e. The van der Waals surface area contributed by atoms with Crippen LogP contribution in [0.2, 0.25) is 0 Å². The molecule has 0 saturated carbocycles. The van der Waals surface area contributed by atoms with Gasteiger partial charge in [0.1, 0.15) is 9.71 Å². The number of nitrogens with one attached hydrogen (secondary N) is 1. The number of rotatable bonds is 3. The molecular formula is C22H22N4OS. The fraction of sp³-hybridized carbons (Fsp3) is 0.182. The van der Waals surface area contributed by atoms with Crippen molar-refractivity contribution < 1.29 is 4.79 Å². The van der Waals surface area contributed by atoms with Crippen LogP contribution in [-0.2, 0) is 0 Å². The average Bonchev–Trinajstić information content (AvgIpc) is 3.00. The highest BCUT2D eigenvalue weighted by atomic mass is 32.1. The lowest BCUT2D eigenvalue weighted by Crippen LogP contribution is -2.12. The Balaban J connectivity index is 1.73. The third kappa shape index (κ3) is 3.05. The normalized spacial score (nSPS) is 11.1. The topological polar surface area (TPSA) is 71.2 Å². The van der Waals surface area contributed by atoms with E-state index in [0.717, 1.165) is 43.6 Å². The number of hydrogen-bond acceptors (Lipinski definition) is 5. The van der Waals surface area contributed by atoms with Crippen molar-refractivity contribution in [3.8, 4) is 0 Å². The number of thiophene rings is 1. The van der Waals surface area contributed by atoms with Crippen molar-refractivity contribution in [1.82, 2.24) is 4.98 Å². The van der Waals surface area contributed by atoms with Gasteiger partial charge in [-0.15, -0.1) is 11.3 Å². The molecule has 0 fully saturated rings. The van der Waals surface area contributed by atoms with E-state index in [-0.39, 0.29) is 5.91 Å². The Bertz CT molecular complexity index is 1210. The number of carbonyl (C=O) groups is 1. The zero-order valence-corrected chi connectivity index (χ0v) is 17.1. The van der Waals surface area contributed by atoms with E-state index in [1.54, 1.807) is 0 Å². The van der Waals surface area contributed by atoms with Gasteiger partial charge in [0, 0.05) is 36.2 Å². The van der Waals surface area contributed by atoms with Crippen LogP contribution in [0, 0.1) is 13.8 Å². The van der Waals surface area contributed by atoms with Crippen LogP contribution in [0.3, 0.4) is 0 Å². The van der Waals surface area contributed by atoms with Crippen LogP contribution in [-0.4, -0.2) is 25.0 Å². The molecule has 6 heteroatoms. The first-order chi connectivity index (χ1) is 13.3. The Hall–Kier alpha value is -3.12. The highest BCUT2D eigenvalue weighted by molar-refractivity contribution is 7.21. The number of aryl methyl sites for hydroxylation is 2. The molecule has 28 heavy (non-hydrogen) atoms. The molecule has 0 bridgehead atoms. The van der Waals surface area contributed by atoms with Gasteiger partial charge in [-0.3, -0.25) is 4.79 Å². The van der Waals surface area contributed by atoms with Crippen molar-refractivity contribution in [2.75, 3.05) is 30.0 Å². The first-order valence-electron chi connectivity index (χ1n) is 9.03. The molecule has 4 aromatic rings. The summed E-state index contributed by atoms with van der Waals surface area (Å²) in [6, 6.07) is 13.9. The number of amides is 1. The molecule has 2 aromatic carbocycles. The van der Waals surface area contributed by atoms with E-state index >= 15 is 0 Å². The number of pyridine rings is 1. The van der Waals surface area contributed by atoms with Crippen LogP contribution < -0.4 is 16.0 Å². The van der Waals surface area contributed by atoms with E-state index in [2.05, 4.69) is 30.4 Å². The van der Waals surface area contributed by atoms with E-state index < -0.39 is 0 Å². The van der Waals surface area contributed by atoms with Gasteiger partial charge in [-0.25, -0.2) is 4.98 Å².